The zero-order valence-corrected chi connectivity index (χ0v) is 16.0. The number of hydrogen-bond acceptors (Lipinski definition) is 5. The molecule has 0 saturated heterocycles. The van der Waals surface area contributed by atoms with Gasteiger partial charge in [0, 0.05) is 18.3 Å². The van der Waals surface area contributed by atoms with Crippen LogP contribution in [0.5, 0.6) is 5.75 Å². The van der Waals surface area contributed by atoms with Crippen LogP contribution in [0.4, 0.5) is 13.2 Å². The van der Waals surface area contributed by atoms with Crippen molar-refractivity contribution in [1.29, 1.82) is 0 Å². The monoisotopic (exact) mass is 408 g/mol. The van der Waals surface area contributed by atoms with Gasteiger partial charge in [0.1, 0.15) is 11.3 Å². The van der Waals surface area contributed by atoms with E-state index in [2.05, 4.69) is 0 Å². The van der Waals surface area contributed by atoms with Crippen LogP contribution in [-0.2, 0) is 22.3 Å². The second-order valence-corrected chi connectivity index (χ2v) is 6.54. The summed E-state index contributed by atoms with van der Waals surface area (Å²) in [7, 11) is 1.14. The highest BCUT2D eigenvalue weighted by Crippen LogP contribution is 2.42. The van der Waals surface area contributed by atoms with E-state index in [0.29, 0.717) is 12.2 Å². The normalized spacial score (nSPS) is 16.3. The minimum atomic E-state index is -4.52. The number of alkyl halides is 3. The number of carbonyl (C=O) groups is 1. The first-order chi connectivity index (χ1) is 13.6. The van der Waals surface area contributed by atoms with Crippen molar-refractivity contribution in [2.45, 2.75) is 32.5 Å². The predicted molar refractivity (Wildman–Crippen MR) is 98.3 cm³/mol. The third-order valence-corrected chi connectivity index (χ3v) is 4.86. The summed E-state index contributed by atoms with van der Waals surface area (Å²) in [6.45, 7) is 3.87. The van der Waals surface area contributed by atoms with Crippen molar-refractivity contribution in [3.05, 3.63) is 74.5 Å². The lowest BCUT2D eigenvalue weighted by Crippen LogP contribution is -2.34. The molecule has 154 valence electrons. The van der Waals surface area contributed by atoms with Crippen molar-refractivity contribution in [1.82, 2.24) is 4.57 Å². The zero-order chi connectivity index (χ0) is 21.5. The predicted octanol–water partition coefficient (Wildman–Crippen LogP) is 3.06. The lowest BCUT2D eigenvalue weighted by Gasteiger charge is -2.29. The van der Waals surface area contributed by atoms with Crippen LogP contribution >= 0.6 is 0 Å². The Hall–Kier alpha value is -3.23. The van der Waals surface area contributed by atoms with Gasteiger partial charge in [-0.1, -0.05) is 12.1 Å². The van der Waals surface area contributed by atoms with E-state index in [4.69, 9.17) is 15.2 Å². The number of halogens is 3. The number of ether oxygens (including phenoxy) is 2. The third kappa shape index (κ3) is 3.48. The van der Waals surface area contributed by atoms with Crippen LogP contribution in [0.15, 0.2) is 46.6 Å². The first kappa shape index (κ1) is 20.5. The van der Waals surface area contributed by atoms with Crippen LogP contribution in [0.2, 0.25) is 0 Å². The Kier molecular flexibility index (Phi) is 5.16. The third-order valence-electron chi connectivity index (χ3n) is 4.86. The molecule has 1 atom stereocenters. The fraction of sp³-hybridized carbons (Fsp3) is 0.300. The number of nitrogens with zero attached hydrogens (tertiary/aromatic N) is 1. The molecular formula is C20H19F3N2O4. The standard InChI is InChI=1S/C20H19F3N2O4/c1-4-25-10(2)9-13-15(18(25)26)14(16(17(24)29-13)19(27)28-3)11-5-7-12(8-6-11)20(21,22)23/h5-9,14H,4,24H2,1-3H3/t14-/m0/s1. The fourth-order valence-corrected chi connectivity index (χ4v) is 3.49. The number of fused-ring (bicyclic) bond motifs is 1. The summed E-state index contributed by atoms with van der Waals surface area (Å²) in [5.41, 5.74) is 5.56. The van der Waals surface area contributed by atoms with Crippen LogP contribution in [0, 0.1) is 6.92 Å². The van der Waals surface area contributed by atoms with Crippen molar-refractivity contribution < 1.29 is 27.4 Å². The van der Waals surface area contributed by atoms with E-state index in [1.54, 1.807) is 19.9 Å². The summed E-state index contributed by atoms with van der Waals surface area (Å²) in [6, 6.07) is 5.82. The van der Waals surface area contributed by atoms with Crippen LogP contribution in [0.1, 0.15) is 35.2 Å². The van der Waals surface area contributed by atoms with Crippen LogP contribution in [0.3, 0.4) is 0 Å². The molecular weight excluding hydrogens is 389 g/mol. The Morgan fingerprint density at radius 2 is 1.90 bits per heavy atom. The highest BCUT2D eigenvalue weighted by molar-refractivity contribution is 5.92. The smallest absolute Gasteiger partial charge is 0.416 e. The molecule has 1 aliphatic rings. The first-order valence-corrected chi connectivity index (χ1v) is 8.77. The molecule has 0 saturated carbocycles. The van der Waals surface area contributed by atoms with Crippen LogP contribution in [0.25, 0.3) is 0 Å². The van der Waals surface area contributed by atoms with Crippen molar-refractivity contribution in [3.8, 4) is 5.75 Å². The number of esters is 1. The molecule has 3 rings (SSSR count). The molecule has 1 aromatic carbocycles. The minimum Gasteiger partial charge on any atom is -0.465 e. The topological polar surface area (TPSA) is 83.5 Å². The van der Waals surface area contributed by atoms with E-state index in [9.17, 15) is 22.8 Å². The van der Waals surface area contributed by atoms with E-state index in [1.165, 1.54) is 16.7 Å². The summed E-state index contributed by atoms with van der Waals surface area (Å²) in [5.74, 6) is -1.96. The highest BCUT2D eigenvalue weighted by Gasteiger charge is 2.38. The molecule has 0 bridgehead atoms. The van der Waals surface area contributed by atoms with Crippen LogP contribution in [-0.4, -0.2) is 17.6 Å². The van der Waals surface area contributed by atoms with Gasteiger partial charge in [-0.3, -0.25) is 4.79 Å². The minimum absolute atomic E-state index is 0.117. The molecule has 0 spiro atoms. The molecule has 6 nitrogen and oxygen atoms in total. The van der Waals surface area contributed by atoms with Crippen LogP contribution < -0.4 is 16.0 Å². The summed E-state index contributed by atoms with van der Waals surface area (Å²) >= 11 is 0. The molecule has 29 heavy (non-hydrogen) atoms. The Morgan fingerprint density at radius 3 is 2.41 bits per heavy atom. The Balaban J connectivity index is 2.29. The van der Waals surface area contributed by atoms with Gasteiger partial charge in [-0.2, -0.15) is 13.2 Å². The number of aryl methyl sites for hydroxylation is 1. The Morgan fingerprint density at radius 1 is 1.28 bits per heavy atom. The van der Waals surface area contributed by atoms with E-state index < -0.39 is 29.2 Å². The summed E-state index contributed by atoms with van der Waals surface area (Å²) in [4.78, 5) is 25.5. The number of aromatic nitrogens is 1. The van der Waals surface area contributed by atoms with Gasteiger partial charge in [0.15, 0.2) is 0 Å². The Labute approximate surface area is 164 Å². The molecule has 0 radical (unpaired) electrons. The van der Waals surface area contributed by atoms with E-state index >= 15 is 0 Å². The lowest BCUT2D eigenvalue weighted by molar-refractivity contribution is -0.138. The molecule has 1 aromatic heterocycles. The quantitative estimate of drug-likeness (QED) is 0.790. The number of hydrogen-bond donors (Lipinski definition) is 1. The summed E-state index contributed by atoms with van der Waals surface area (Å²) in [6.07, 6.45) is -4.52. The molecule has 9 heteroatoms. The first-order valence-electron chi connectivity index (χ1n) is 8.77. The summed E-state index contributed by atoms with van der Waals surface area (Å²) < 4.78 is 50.6. The molecule has 0 fully saturated rings. The lowest BCUT2D eigenvalue weighted by atomic mass is 9.83. The fourth-order valence-electron chi connectivity index (χ4n) is 3.49. The molecule has 2 aromatic rings. The van der Waals surface area contributed by atoms with Gasteiger partial charge in [0.25, 0.3) is 5.56 Å². The second-order valence-electron chi connectivity index (χ2n) is 6.54. The largest absolute Gasteiger partial charge is 0.465 e. The maximum Gasteiger partial charge on any atom is 0.416 e. The molecule has 0 amide bonds. The number of rotatable bonds is 3. The van der Waals surface area contributed by atoms with Crippen molar-refractivity contribution in [2.75, 3.05) is 7.11 Å². The number of methoxy groups -OCH3 is 1. The van der Waals surface area contributed by atoms with Gasteiger partial charge in [-0.05, 0) is 31.5 Å². The van der Waals surface area contributed by atoms with E-state index in [0.717, 1.165) is 19.2 Å². The highest BCUT2D eigenvalue weighted by atomic mass is 19.4. The molecule has 2 N–H and O–H groups in total. The van der Waals surface area contributed by atoms with Gasteiger partial charge >= 0.3 is 12.1 Å². The van der Waals surface area contributed by atoms with Gasteiger partial charge in [-0.15, -0.1) is 0 Å². The number of carbonyl (C=O) groups excluding carboxylic acids is 1. The summed E-state index contributed by atoms with van der Waals surface area (Å²) in [5, 5.41) is 0. The molecule has 1 aliphatic heterocycles. The average Bonchev–Trinajstić information content (AvgIpc) is 2.66. The zero-order valence-electron chi connectivity index (χ0n) is 16.0. The second kappa shape index (κ2) is 7.31. The van der Waals surface area contributed by atoms with Gasteiger partial charge < -0.3 is 19.8 Å². The van der Waals surface area contributed by atoms with Gasteiger partial charge in [0.05, 0.1) is 24.2 Å². The van der Waals surface area contributed by atoms with Crippen molar-refractivity contribution >= 4 is 5.97 Å². The molecule has 0 unspecified atom stereocenters. The van der Waals surface area contributed by atoms with Crippen molar-refractivity contribution in [2.24, 2.45) is 5.73 Å². The Bertz CT molecular complexity index is 1050. The van der Waals surface area contributed by atoms with Gasteiger partial charge in [-0.25, -0.2) is 4.79 Å². The van der Waals surface area contributed by atoms with E-state index in [-0.39, 0.29) is 28.3 Å². The maximum absolute atomic E-state index is 13.1. The van der Waals surface area contributed by atoms with Crippen molar-refractivity contribution in [3.63, 3.8) is 0 Å². The average molecular weight is 408 g/mol. The van der Waals surface area contributed by atoms with E-state index in [1.807, 2.05) is 0 Å². The van der Waals surface area contributed by atoms with Gasteiger partial charge in [0.2, 0.25) is 5.88 Å². The molecule has 0 aliphatic carbocycles. The SMILES string of the molecule is CCn1c(C)cc2c(c1=O)[C@H](c1ccc(C(F)(F)F)cc1)C(C(=O)OC)=C(N)O2. The number of benzene rings is 1. The number of pyridine rings is 1. The number of nitrogens with two attached hydrogens (primary N) is 1. The maximum atomic E-state index is 13.1. The molecule has 2 heterocycles.